The number of rotatable bonds is 5. The van der Waals surface area contributed by atoms with E-state index in [1.807, 2.05) is 6.07 Å². The van der Waals surface area contributed by atoms with Crippen molar-refractivity contribution in [2.45, 2.75) is 69.7 Å². The molecule has 1 aromatic heterocycles. The van der Waals surface area contributed by atoms with Crippen LogP contribution in [-0.4, -0.2) is 71.4 Å². The highest BCUT2D eigenvalue weighted by Gasteiger charge is 2.49. The summed E-state index contributed by atoms with van der Waals surface area (Å²) in [5.74, 6) is 2.20. The summed E-state index contributed by atoms with van der Waals surface area (Å²) >= 11 is 0. The number of halogens is 3. The number of piperazine rings is 1. The van der Waals surface area contributed by atoms with Crippen LogP contribution in [0.25, 0.3) is 32.8 Å². The lowest BCUT2D eigenvalue weighted by molar-refractivity contribution is 0.107. The van der Waals surface area contributed by atoms with Gasteiger partial charge in [-0.1, -0.05) is 25.8 Å². The van der Waals surface area contributed by atoms with Gasteiger partial charge in [-0.25, -0.2) is 13.2 Å². The molecular formula is C37H39F3N6O. The number of anilines is 2. The minimum atomic E-state index is -0.899. The molecule has 3 N–H and O–H groups in total. The van der Waals surface area contributed by atoms with E-state index in [0.717, 1.165) is 37.9 Å². The molecule has 0 radical (unpaired) electrons. The second-order valence-corrected chi connectivity index (χ2v) is 14.0. The second-order valence-electron chi connectivity index (χ2n) is 14.0. The number of nitrogens with zero attached hydrogens (tertiary/aromatic N) is 4. The Bertz CT molecular complexity index is 1960. The number of aromatic nitrogens is 2. The van der Waals surface area contributed by atoms with Crippen LogP contribution in [0.4, 0.5) is 24.7 Å². The zero-order chi connectivity index (χ0) is 32.6. The summed E-state index contributed by atoms with van der Waals surface area (Å²) in [5, 5.41) is 5.39. The number of ether oxygens (including phenoxy) is 1. The van der Waals surface area contributed by atoms with Gasteiger partial charge in [-0.15, -0.1) is 6.42 Å². The summed E-state index contributed by atoms with van der Waals surface area (Å²) in [6.45, 7) is 7.32. The average Bonchev–Trinajstić information content (AvgIpc) is 3.56. The monoisotopic (exact) mass is 640 g/mol. The number of benzene rings is 3. The Morgan fingerprint density at radius 2 is 2.00 bits per heavy atom. The molecule has 4 aliphatic rings. The van der Waals surface area contributed by atoms with Gasteiger partial charge >= 0.3 is 6.01 Å². The van der Waals surface area contributed by atoms with Crippen molar-refractivity contribution in [3.8, 4) is 29.5 Å². The van der Waals surface area contributed by atoms with Gasteiger partial charge in [0, 0.05) is 60.2 Å². The van der Waals surface area contributed by atoms with Crippen LogP contribution < -0.4 is 20.7 Å². The fourth-order valence-corrected chi connectivity index (χ4v) is 8.76. The van der Waals surface area contributed by atoms with Gasteiger partial charge < -0.3 is 20.7 Å². The number of nitrogens with two attached hydrogens (primary N) is 1. The van der Waals surface area contributed by atoms with Gasteiger partial charge in [0.2, 0.25) is 0 Å². The Labute approximate surface area is 272 Å². The molecule has 47 heavy (non-hydrogen) atoms. The lowest BCUT2D eigenvalue weighted by Crippen LogP contribution is -2.58. The predicted octanol–water partition coefficient (Wildman–Crippen LogP) is 6.00. The number of alkyl halides is 1. The third-order valence-corrected chi connectivity index (χ3v) is 11.1. The molecule has 0 bridgehead atoms. The van der Waals surface area contributed by atoms with Gasteiger partial charge in [0.25, 0.3) is 0 Å². The van der Waals surface area contributed by atoms with E-state index in [9.17, 15) is 4.39 Å². The van der Waals surface area contributed by atoms with Crippen LogP contribution in [0.2, 0.25) is 0 Å². The molecule has 3 fully saturated rings. The molecule has 5 heterocycles. The van der Waals surface area contributed by atoms with Crippen LogP contribution >= 0.6 is 0 Å². The SMILES string of the molecule is C#Cc1c(F)ccc2cc(N)cc(-c3cc4c5c(nc(OCC67CCCN6C[C@H](F)C7)nc5c3F)N3C[C@@H](CC)NC[C@@H]3[C@@H](C)C4)c12. The zero-order valence-corrected chi connectivity index (χ0v) is 26.8. The average molecular weight is 641 g/mol. The first-order valence-electron chi connectivity index (χ1n) is 16.7. The van der Waals surface area contributed by atoms with Gasteiger partial charge in [0.05, 0.1) is 11.1 Å². The first-order valence-corrected chi connectivity index (χ1v) is 16.7. The smallest absolute Gasteiger partial charge is 0.319 e. The summed E-state index contributed by atoms with van der Waals surface area (Å²) < 4.78 is 53.2. The highest BCUT2D eigenvalue weighted by Crippen LogP contribution is 2.45. The lowest BCUT2D eigenvalue weighted by atomic mass is 9.88. The maximum atomic E-state index is 17.2. The van der Waals surface area contributed by atoms with E-state index in [-0.39, 0.29) is 47.3 Å². The molecule has 4 aliphatic heterocycles. The molecule has 1 unspecified atom stereocenters. The first-order chi connectivity index (χ1) is 22.7. The molecule has 5 atom stereocenters. The quantitative estimate of drug-likeness (QED) is 0.205. The summed E-state index contributed by atoms with van der Waals surface area (Å²) in [6, 6.07) is 8.57. The van der Waals surface area contributed by atoms with Gasteiger partial charge in [-0.05, 0) is 78.9 Å². The molecule has 244 valence electrons. The topological polar surface area (TPSA) is 79.5 Å². The van der Waals surface area contributed by atoms with E-state index in [2.05, 4.69) is 34.9 Å². The highest BCUT2D eigenvalue weighted by atomic mass is 19.1. The van der Waals surface area contributed by atoms with Gasteiger partial charge in [-0.2, -0.15) is 9.97 Å². The normalized spacial score (nSPS) is 27.1. The molecular weight excluding hydrogens is 601 g/mol. The van der Waals surface area contributed by atoms with Crippen LogP contribution in [0.5, 0.6) is 6.01 Å². The van der Waals surface area contributed by atoms with E-state index in [4.69, 9.17) is 26.9 Å². The molecule has 0 amide bonds. The summed E-state index contributed by atoms with van der Waals surface area (Å²) in [5.41, 5.74) is 8.08. The molecule has 8 rings (SSSR count). The maximum absolute atomic E-state index is 17.2. The van der Waals surface area contributed by atoms with Crippen LogP contribution in [-0.2, 0) is 6.42 Å². The van der Waals surface area contributed by atoms with E-state index in [0.29, 0.717) is 59.2 Å². The van der Waals surface area contributed by atoms with E-state index in [1.54, 1.807) is 18.2 Å². The zero-order valence-electron chi connectivity index (χ0n) is 26.8. The summed E-state index contributed by atoms with van der Waals surface area (Å²) in [4.78, 5) is 14.2. The first kappa shape index (κ1) is 30.3. The Hall–Kier alpha value is -4.07. The van der Waals surface area contributed by atoms with Crippen molar-refractivity contribution in [2.75, 3.05) is 43.4 Å². The van der Waals surface area contributed by atoms with Crippen molar-refractivity contribution < 1.29 is 17.9 Å². The van der Waals surface area contributed by atoms with E-state index >= 15 is 8.78 Å². The van der Waals surface area contributed by atoms with Crippen LogP contribution in [0.3, 0.4) is 0 Å². The Balaban J connectivity index is 1.35. The van der Waals surface area contributed by atoms with E-state index < -0.39 is 23.3 Å². The standard InChI is InChI=1S/C37H39F3N6O/c1-4-25-18-46-30(16-42-25)20(3)11-22-13-28(27-14-24(41)12-21-7-8-29(39)26(5-2)31(21)27)33(40)34-32(22)35(46)44-36(43-34)47-19-37-9-6-10-45(37)17-23(38)15-37/h2,7-8,12-14,20,23,25,30,42H,4,6,9-11,15-19,41H2,1,3H3/t20-,23+,25+,30+,37?/m0/s1. The molecule has 0 aliphatic carbocycles. The van der Waals surface area contributed by atoms with Crippen molar-refractivity contribution in [1.82, 2.24) is 20.2 Å². The Kier molecular flexibility index (Phi) is 7.26. The third kappa shape index (κ3) is 4.81. The fraction of sp³-hybridized carbons (Fsp3) is 0.459. The number of terminal acetylenes is 1. The van der Waals surface area contributed by atoms with Crippen molar-refractivity contribution >= 4 is 33.2 Å². The van der Waals surface area contributed by atoms with Crippen LogP contribution in [0, 0.1) is 29.9 Å². The van der Waals surface area contributed by atoms with E-state index in [1.165, 1.54) is 6.07 Å². The Morgan fingerprint density at radius 3 is 2.81 bits per heavy atom. The number of hydrogen-bond acceptors (Lipinski definition) is 7. The molecule has 7 nitrogen and oxygen atoms in total. The minimum absolute atomic E-state index is 0.0561. The minimum Gasteiger partial charge on any atom is -0.461 e. The number of hydrogen-bond donors (Lipinski definition) is 2. The number of fused-ring (bicyclic) bond motifs is 4. The van der Waals surface area contributed by atoms with Crippen LogP contribution in [0.1, 0.15) is 50.7 Å². The third-order valence-electron chi connectivity index (χ3n) is 11.1. The molecule has 3 saturated heterocycles. The molecule has 0 spiro atoms. The number of nitrogens with one attached hydrogen (secondary N) is 1. The summed E-state index contributed by atoms with van der Waals surface area (Å²) in [6.07, 6.45) is 8.72. The lowest BCUT2D eigenvalue weighted by Gasteiger charge is -2.43. The molecule has 3 aromatic carbocycles. The maximum Gasteiger partial charge on any atom is 0.319 e. The number of nitrogen functional groups attached to an aromatic ring is 1. The van der Waals surface area contributed by atoms with Crippen molar-refractivity contribution in [3.05, 3.63) is 53.1 Å². The van der Waals surface area contributed by atoms with Gasteiger partial charge in [0.15, 0.2) is 5.82 Å². The van der Waals surface area contributed by atoms with Crippen molar-refractivity contribution in [3.63, 3.8) is 0 Å². The second kappa shape index (κ2) is 11.3. The van der Waals surface area contributed by atoms with Crippen molar-refractivity contribution in [2.24, 2.45) is 5.92 Å². The van der Waals surface area contributed by atoms with Crippen molar-refractivity contribution in [1.29, 1.82) is 0 Å². The fourth-order valence-electron chi connectivity index (χ4n) is 8.76. The highest BCUT2D eigenvalue weighted by molar-refractivity contribution is 6.05. The molecule has 0 saturated carbocycles. The largest absolute Gasteiger partial charge is 0.461 e. The summed E-state index contributed by atoms with van der Waals surface area (Å²) in [7, 11) is 0. The molecule has 10 heteroatoms. The predicted molar refractivity (Wildman–Crippen MR) is 179 cm³/mol. The van der Waals surface area contributed by atoms with Gasteiger partial charge in [0.1, 0.15) is 29.9 Å². The molecule has 4 aromatic rings. The van der Waals surface area contributed by atoms with Gasteiger partial charge in [-0.3, -0.25) is 4.90 Å². The van der Waals surface area contributed by atoms with Crippen LogP contribution in [0.15, 0.2) is 30.3 Å². The Morgan fingerprint density at radius 1 is 1.15 bits per heavy atom.